The molecule has 1 amide bonds. The van der Waals surface area contributed by atoms with Crippen LogP contribution in [-0.2, 0) is 22.4 Å². The van der Waals surface area contributed by atoms with Crippen molar-refractivity contribution in [2.45, 2.75) is 38.6 Å². The second-order valence-corrected chi connectivity index (χ2v) is 8.79. The Morgan fingerprint density at radius 2 is 1.64 bits per heavy atom. The van der Waals surface area contributed by atoms with Crippen LogP contribution in [0.1, 0.15) is 46.7 Å². The first kappa shape index (κ1) is 21.0. The molecule has 1 aliphatic heterocycles. The molecule has 1 fully saturated rings. The number of rotatable bonds is 3. The maximum Gasteiger partial charge on any atom is 0.300 e. The van der Waals surface area contributed by atoms with E-state index in [4.69, 9.17) is 0 Å². The summed E-state index contributed by atoms with van der Waals surface area (Å²) in [6.07, 6.45) is 4.19. The lowest BCUT2D eigenvalue weighted by Gasteiger charge is -2.26. The topological polar surface area (TPSA) is 77.8 Å². The molecule has 0 saturated carbocycles. The van der Waals surface area contributed by atoms with Gasteiger partial charge in [0, 0.05) is 11.3 Å². The molecule has 0 radical (unpaired) electrons. The molecule has 0 spiro atoms. The number of hydrogen-bond donors (Lipinski definition) is 2. The average Bonchev–Trinajstić information content (AvgIpc) is 3.09. The summed E-state index contributed by atoms with van der Waals surface area (Å²) in [6.45, 7) is 1.95. The van der Waals surface area contributed by atoms with E-state index in [-0.39, 0.29) is 17.1 Å². The van der Waals surface area contributed by atoms with Crippen molar-refractivity contribution in [1.29, 1.82) is 0 Å². The lowest BCUT2D eigenvalue weighted by Crippen LogP contribution is -2.29. The number of phenolic OH excluding ortho intramolecular Hbond substituents is 1. The maximum absolute atomic E-state index is 13.3. The van der Waals surface area contributed by atoms with Gasteiger partial charge < -0.3 is 10.2 Å². The molecule has 5 heteroatoms. The van der Waals surface area contributed by atoms with Crippen LogP contribution in [0, 0.1) is 6.92 Å². The van der Waals surface area contributed by atoms with Crippen LogP contribution in [0.2, 0.25) is 0 Å². The lowest BCUT2D eigenvalue weighted by molar-refractivity contribution is -0.132. The van der Waals surface area contributed by atoms with Crippen LogP contribution >= 0.6 is 0 Å². The number of amides is 1. The third-order valence-electron chi connectivity index (χ3n) is 6.56. The SMILES string of the molecule is Cc1ccc(N2C(=O)C(=O)/C(=C(\O)c3ccc4c(c3)CCCC4)C2c2cccc(O)c2)cc1. The minimum atomic E-state index is -0.851. The molecule has 166 valence electrons. The van der Waals surface area contributed by atoms with Gasteiger partial charge in [-0.25, -0.2) is 0 Å². The van der Waals surface area contributed by atoms with E-state index in [2.05, 4.69) is 0 Å². The highest BCUT2D eigenvalue weighted by Gasteiger charge is 2.47. The molecule has 3 aromatic rings. The summed E-state index contributed by atoms with van der Waals surface area (Å²) in [6, 6.07) is 18.7. The van der Waals surface area contributed by atoms with Crippen LogP contribution in [0.5, 0.6) is 5.75 Å². The third-order valence-corrected chi connectivity index (χ3v) is 6.56. The summed E-state index contributed by atoms with van der Waals surface area (Å²) >= 11 is 0. The van der Waals surface area contributed by atoms with Crippen LogP contribution in [0.25, 0.3) is 5.76 Å². The molecule has 1 unspecified atom stereocenters. The zero-order chi connectivity index (χ0) is 23.1. The number of aliphatic hydroxyl groups excluding tert-OH is 1. The second-order valence-electron chi connectivity index (χ2n) is 8.79. The van der Waals surface area contributed by atoms with E-state index < -0.39 is 17.7 Å². The number of aromatic hydroxyl groups is 1. The molecule has 33 heavy (non-hydrogen) atoms. The van der Waals surface area contributed by atoms with Gasteiger partial charge >= 0.3 is 0 Å². The number of anilines is 1. The van der Waals surface area contributed by atoms with E-state index in [1.165, 1.54) is 28.2 Å². The van der Waals surface area contributed by atoms with Gasteiger partial charge in [-0.15, -0.1) is 0 Å². The van der Waals surface area contributed by atoms with Crippen molar-refractivity contribution >= 4 is 23.1 Å². The van der Waals surface area contributed by atoms with Crippen LogP contribution in [0.3, 0.4) is 0 Å². The third kappa shape index (κ3) is 3.69. The van der Waals surface area contributed by atoms with Gasteiger partial charge in [-0.3, -0.25) is 14.5 Å². The smallest absolute Gasteiger partial charge is 0.300 e. The molecule has 2 aliphatic rings. The summed E-state index contributed by atoms with van der Waals surface area (Å²) in [5, 5.41) is 21.4. The molecule has 5 nitrogen and oxygen atoms in total. The number of carbonyl (C=O) groups excluding carboxylic acids is 2. The summed E-state index contributed by atoms with van der Waals surface area (Å²) in [4.78, 5) is 27.9. The van der Waals surface area contributed by atoms with Crippen molar-refractivity contribution in [1.82, 2.24) is 0 Å². The van der Waals surface area contributed by atoms with Gasteiger partial charge in [0.1, 0.15) is 11.5 Å². The van der Waals surface area contributed by atoms with Crippen LogP contribution in [0.4, 0.5) is 5.69 Å². The highest BCUT2D eigenvalue weighted by Crippen LogP contribution is 2.43. The zero-order valence-corrected chi connectivity index (χ0v) is 18.4. The Morgan fingerprint density at radius 3 is 2.36 bits per heavy atom. The number of aryl methyl sites for hydroxylation is 3. The monoisotopic (exact) mass is 439 g/mol. The predicted molar refractivity (Wildman–Crippen MR) is 127 cm³/mol. The van der Waals surface area contributed by atoms with Crippen molar-refractivity contribution < 1.29 is 19.8 Å². The molecule has 3 aromatic carbocycles. The van der Waals surface area contributed by atoms with Crippen LogP contribution in [-0.4, -0.2) is 21.9 Å². The maximum atomic E-state index is 13.3. The van der Waals surface area contributed by atoms with Crippen molar-refractivity contribution in [3.8, 4) is 5.75 Å². The van der Waals surface area contributed by atoms with E-state index in [9.17, 15) is 19.8 Å². The van der Waals surface area contributed by atoms with Crippen LogP contribution < -0.4 is 4.90 Å². The van der Waals surface area contributed by atoms with E-state index in [1.54, 1.807) is 24.3 Å². The number of phenols is 1. The molecule has 0 bridgehead atoms. The van der Waals surface area contributed by atoms with Gasteiger partial charge in [0.2, 0.25) is 0 Å². The number of carbonyl (C=O) groups is 2. The van der Waals surface area contributed by atoms with Gasteiger partial charge in [0.25, 0.3) is 11.7 Å². The fourth-order valence-electron chi connectivity index (χ4n) is 4.85. The van der Waals surface area contributed by atoms with E-state index in [1.807, 2.05) is 37.3 Å². The van der Waals surface area contributed by atoms with E-state index >= 15 is 0 Å². The van der Waals surface area contributed by atoms with Gasteiger partial charge in [0.05, 0.1) is 11.6 Å². The van der Waals surface area contributed by atoms with Crippen molar-refractivity contribution in [2.75, 3.05) is 4.90 Å². The molecule has 0 aromatic heterocycles. The average molecular weight is 440 g/mol. The standard InChI is InChI=1S/C28H25NO4/c1-17-9-13-22(14-10-17)29-25(20-7-4-8-23(30)16-20)24(27(32)28(29)33)26(31)21-12-11-18-5-2-3-6-19(18)15-21/h4,7-16,25,30-31H,2-3,5-6H2,1H3/b26-24-. The number of Topliss-reactive ketones (excluding diaryl/α,β-unsaturated/α-hetero) is 1. The second kappa shape index (κ2) is 8.24. The van der Waals surface area contributed by atoms with Gasteiger partial charge in [-0.05, 0) is 79.6 Å². The Balaban J connectivity index is 1.70. The molecule has 2 N–H and O–H groups in total. The van der Waals surface area contributed by atoms with Gasteiger partial charge in [-0.1, -0.05) is 42.0 Å². The van der Waals surface area contributed by atoms with Crippen molar-refractivity contribution in [2.24, 2.45) is 0 Å². The largest absolute Gasteiger partial charge is 0.508 e. The lowest BCUT2D eigenvalue weighted by atomic mass is 9.88. The molecule has 1 aliphatic carbocycles. The van der Waals surface area contributed by atoms with Gasteiger partial charge in [-0.2, -0.15) is 0 Å². The number of aliphatic hydroxyl groups is 1. The molecular weight excluding hydrogens is 414 g/mol. The number of benzene rings is 3. The first-order valence-corrected chi connectivity index (χ1v) is 11.2. The number of ketones is 1. The Kier molecular flexibility index (Phi) is 5.25. The summed E-state index contributed by atoms with van der Waals surface area (Å²) < 4.78 is 0. The Bertz CT molecular complexity index is 1290. The highest BCUT2D eigenvalue weighted by atomic mass is 16.3. The quantitative estimate of drug-likeness (QED) is 0.334. The molecule has 1 atom stereocenters. The number of hydrogen-bond acceptors (Lipinski definition) is 4. The molecule has 1 heterocycles. The van der Waals surface area contributed by atoms with Crippen LogP contribution in [0.15, 0.2) is 72.3 Å². The minimum absolute atomic E-state index is 0.0239. The molecular formula is C28H25NO4. The van der Waals surface area contributed by atoms with Crippen molar-refractivity contribution in [3.05, 3.63) is 100 Å². The number of nitrogens with zero attached hydrogens (tertiary/aromatic N) is 1. The Labute approximate surface area is 192 Å². The molecule has 1 saturated heterocycles. The first-order valence-electron chi connectivity index (χ1n) is 11.2. The fraction of sp³-hybridized carbons (Fsp3) is 0.214. The Morgan fingerprint density at radius 1 is 0.909 bits per heavy atom. The van der Waals surface area contributed by atoms with Crippen molar-refractivity contribution in [3.63, 3.8) is 0 Å². The summed E-state index contributed by atoms with van der Waals surface area (Å²) in [5.41, 5.74) is 5.13. The Hall–Kier alpha value is -3.86. The fourth-order valence-corrected chi connectivity index (χ4v) is 4.85. The van der Waals surface area contributed by atoms with Gasteiger partial charge in [0.15, 0.2) is 0 Å². The normalized spacial score (nSPS) is 19.5. The summed E-state index contributed by atoms with van der Waals surface area (Å²) in [7, 11) is 0. The first-order chi connectivity index (χ1) is 15.9. The minimum Gasteiger partial charge on any atom is -0.508 e. The van der Waals surface area contributed by atoms with E-state index in [0.717, 1.165) is 31.2 Å². The summed E-state index contributed by atoms with van der Waals surface area (Å²) in [5.74, 6) is -1.61. The highest BCUT2D eigenvalue weighted by molar-refractivity contribution is 6.51. The zero-order valence-electron chi connectivity index (χ0n) is 18.4. The predicted octanol–water partition coefficient (Wildman–Crippen LogP) is 5.21. The van der Waals surface area contributed by atoms with E-state index in [0.29, 0.717) is 16.8 Å². The number of fused-ring (bicyclic) bond motifs is 1. The molecule has 5 rings (SSSR count).